The molecular formula is C26H29F3N4O4S. The number of hydrogen-bond donors (Lipinski definition) is 0. The van der Waals surface area contributed by atoms with E-state index in [4.69, 9.17) is 9.15 Å². The number of ether oxygens (including phenoxy) is 1. The summed E-state index contributed by atoms with van der Waals surface area (Å²) < 4.78 is 52.1. The van der Waals surface area contributed by atoms with Crippen molar-refractivity contribution in [2.75, 3.05) is 25.4 Å². The number of rotatable bonds is 10. The van der Waals surface area contributed by atoms with Crippen molar-refractivity contribution in [1.29, 1.82) is 0 Å². The van der Waals surface area contributed by atoms with Crippen molar-refractivity contribution in [3.63, 3.8) is 0 Å². The van der Waals surface area contributed by atoms with E-state index in [1.54, 1.807) is 34.6 Å². The van der Waals surface area contributed by atoms with Gasteiger partial charge in [-0.1, -0.05) is 17.8 Å². The van der Waals surface area contributed by atoms with Crippen LogP contribution in [0.1, 0.15) is 44.6 Å². The highest BCUT2D eigenvalue weighted by atomic mass is 32.2. The molecule has 1 atom stereocenters. The second-order valence-electron chi connectivity index (χ2n) is 8.90. The lowest BCUT2D eigenvalue weighted by Gasteiger charge is -2.31. The van der Waals surface area contributed by atoms with Crippen LogP contribution in [0.4, 0.5) is 13.2 Å². The molecule has 0 spiro atoms. The first-order valence-electron chi connectivity index (χ1n) is 12.5. The zero-order valence-corrected chi connectivity index (χ0v) is 21.8. The molecule has 12 heteroatoms. The van der Waals surface area contributed by atoms with Crippen molar-refractivity contribution >= 4 is 23.6 Å². The maximum Gasteiger partial charge on any atom is 0.416 e. The molecule has 1 aliphatic rings. The number of halogens is 3. The monoisotopic (exact) mass is 550 g/mol. The molecule has 1 aliphatic heterocycles. The minimum absolute atomic E-state index is 0.0104. The van der Waals surface area contributed by atoms with Crippen LogP contribution >= 0.6 is 11.8 Å². The Kier molecular flexibility index (Phi) is 9.13. The number of benzene rings is 1. The van der Waals surface area contributed by atoms with Crippen molar-refractivity contribution in [2.45, 2.75) is 50.4 Å². The second kappa shape index (κ2) is 12.5. The van der Waals surface area contributed by atoms with Crippen LogP contribution in [0.15, 0.2) is 52.2 Å². The Bertz CT molecular complexity index is 1230. The molecular weight excluding hydrogens is 521 g/mol. The Hall–Kier alpha value is -3.28. The number of thioether (sulfide) groups is 1. The molecule has 4 rings (SSSR count). The third kappa shape index (κ3) is 6.77. The van der Waals surface area contributed by atoms with Crippen LogP contribution in [0.3, 0.4) is 0 Å². The molecule has 204 valence electrons. The number of carbonyl (C=O) groups excluding carboxylic acids is 2. The number of alkyl halides is 3. The third-order valence-electron chi connectivity index (χ3n) is 6.22. The number of likely N-dealkylation sites (tertiary alicyclic amines) is 1. The van der Waals surface area contributed by atoms with Crippen molar-refractivity contribution in [3.8, 4) is 17.3 Å². The van der Waals surface area contributed by atoms with E-state index in [1.807, 2.05) is 0 Å². The van der Waals surface area contributed by atoms with E-state index in [1.165, 1.54) is 24.1 Å². The van der Waals surface area contributed by atoms with E-state index in [2.05, 4.69) is 10.2 Å². The van der Waals surface area contributed by atoms with Crippen molar-refractivity contribution in [1.82, 2.24) is 19.7 Å². The maximum absolute atomic E-state index is 13.3. The van der Waals surface area contributed by atoms with Crippen LogP contribution in [0.5, 0.6) is 0 Å². The molecule has 1 aromatic carbocycles. The van der Waals surface area contributed by atoms with E-state index in [0.717, 1.165) is 25.0 Å². The number of furan rings is 1. The number of esters is 1. The van der Waals surface area contributed by atoms with E-state index in [0.29, 0.717) is 61.5 Å². The molecule has 0 aliphatic carbocycles. The summed E-state index contributed by atoms with van der Waals surface area (Å²) in [6.45, 7) is 3.12. The predicted molar refractivity (Wildman–Crippen MR) is 135 cm³/mol. The zero-order valence-electron chi connectivity index (χ0n) is 20.9. The number of amides is 1. The third-order valence-corrected chi connectivity index (χ3v) is 7.23. The molecule has 38 heavy (non-hydrogen) atoms. The average Bonchev–Trinajstić information content (AvgIpc) is 3.58. The number of hydrogen-bond acceptors (Lipinski definition) is 7. The lowest BCUT2D eigenvalue weighted by Crippen LogP contribution is -2.42. The first-order chi connectivity index (χ1) is 18.3. The quantitative estimate of drug-likeness (QED) is 0.184. The zero-order chi connectivity index (χ0) is 27.1. The fraction of sp³-hybridized carbons (Fsp3) is 0.462. The standard InChI is InChI=1S/C26H29F3N4O4S/c1-2-36-24(35)18-8-6-13-32(17-18)22(34)12-3-4-15-38-25-31-30-23(21-11-7-14-37-21)33(25)20-10-5-9-19(16-20)26(27,28)29/h5,7,9-11,14,16,18H,2-4,6,8,12-13,15,17H2,1H3. The second-order valence-corrected chi connectivity index (χ2v) is 9.97. The van der Waals surface area contributed by atoms with Crippen molar-refractivity contribution in [3.05, 3.63) is 48.2 Å². The van der Waals surface area contributed by atoms with Gasteiger partial charge in [0.15, 0.2) is 10.9 Å². The van der Waals surface area contributed by atoms with Gasteiger partial charge in [0.05, 0.1) is 30.0 Å². The number of nitrogens with zero attached hydrogens (tertiary/aromatic N) is 4. The molecule has 2 aromatic heterocycles. The molecule has 0 saturated carbocycles. The SMILES string of the molecule is CCOC(=O)C1CCCN(C(=O)CCCCSc2nnc(-c3ccco3)n2-c2cccc(C(F)(F)F)c2)C1. The molecule has 3 heterocycles. The van der Waals surface area contributed by atoms with Crippen LogP contribution in [-0.4, -0.2) is 57.0 Å². The normalized spacial score (nSPS) is 16.0. The van der Waals surface area contributed by atoms with Gasteiger partial charge in [0.2, 0.25) is 11.7 Å². The van der Waals surface area contributed by atoms with Gasteiger partial charge in [0.1, 0.15) is 0 Å². The number of piperidine rings is 1. The molecule has 0 N–H and O–H groups in total. The fourth-order valence-electron chi connectivity index (χ4n) is 4.34. The van der Waals surface area contributed by atoms with Gasteiger partial charge in [-0.15, -0.1) is 10.2 Å². The molecule has 1 saturated heterocycles. The minimum atomic E-state index is -4.49. The lowest BCUT2D eigenvalue weighted by molar-refractivity contribution is -0.151. The molecule has 8 nitrogen and oxygen atoms in total. The first kappa shape index (κ1) is 27.7. The van der Waals surface area contributed by atoms with Crippen molar-refractivity contribution < 1.29 is 31.9 Å². The molecule has 1 unspecified atom stereocenters. The molecule has 0 bridgehead atoms. The highest BCUT2D eigenvalue weighted by Gasteiger charge is 2.31. The summed E-state index contributed by atoms with van der Waals surface area (Å²) in [5.74, 6) is 0.766. The maximum atomic E-state index is 13.3. The molecule has 1 amide bonds. The van der Waals surface area contributed by atoms with E-state index in [-0.39, 0.29) is 23.5 Å². The van der Waals surface area contributed by atoms with Crippen LogP contribution in [-0.2, 0) is 20.5 Å². The average molecular weight is 551 g/mol. The molecule has 3 aromatic rings. The van der Waals surface area contributed by atoms with Gasteiger partial charge in [-0.2, -0.15) is 13.2 Å². The summed E-state index contributed by atoms with van der Waals surface area (Å²) in [6.07, 6.45) is 0.154. The summed E-state index contributed by atoms with van der Waals surface area (Å²) in [5.41, 5.74) is -0.498. The van der Waals surface area contributed by atoms with Gasteiger partial charge in [-0.3, -0.25) is 14.2 Å². The Morgan fingerprint density at radius 3 is 2.76 bits per heavy atom. The smallest absolute Gasteiger partial charge is 0.416 e. The van der Waals surface area contributed by atoms with E-state index >= 15 is 0 Å². The number of unbranched alkanes of at least 4 members (excludes halogenated alkanes) is 1. The first-order valence-corrected chi connectivity index (χ1v) is 13.5. The Morgan fingerprint density at radius 2 is 2.03 bits per heavy atom. The lowest BCUT2D eigenvalue weighted by atomic mass is 9.98. The summed E-state index contributed by atoms with van der Waals surface area (Å²) in [5, 5.41) is 8.80. The Morgan fingerprint density at radius 1 is 1.18 bits per heavy atom. The van der Waals surface area contributed by atoms with Gasteiger partial charge in [-0.05, 0) is 62.9 Å². The molecule has 1 fully saturated rings. The Balaban J connectivity index is 1.37. The van der Waals surface area contributed by atoms with Crippen LogP contribution in [0, 0.1) is 5.92 Å². The summed E-state index contributed by atoms with van der Waals surface area (Å²) in [6, 6.07) is 8.32. The summed E-state index contributed by atoms with van der Waals surface area (Å²) in [7, 11) is 0. The van der Waals surface area contributed by atoms with Crippen LogP contribution < -0.4 is 0 Å². The van der Waals surface area contributed by atoms with Crippen LogP contribution in [0.2, 0.25) is 0 Å². The number of aromatic nitrogens is 3. The minimum Gasteiger partial charge on any atom is -0.466 e. The predicted octanol–water partition coefficient (Wildman–Crippen LogP) is 5.61. The van der Waals surface area contributed by atoms with Gasteiger partial charge < -0.3 is 14.1 Å². The topological polar surface area (TPSA) is 90.5 Å². The van der Waals surface area contributed by atoms with Gasteiger partial charge >= 0.3 is 12.1 Å². The highest BCUT2D eigenvalue weighted by molar-refractivity contribution is 7.99. The molecule has 0 radical (unpaired) electrons. The van der Waals surface area contributed by atoms with Gasteiger partial charge in [-0.25, -0.2) is 0 Å². The van der Waals surface area contributed by atoms with Crippen LogP contribution in [0.25, 0.3) is 17.3 Å². The highest BCUT2D eigenvalue weighted by Crippen LogP contribution is 2.33. The Labute approximate surface area is 222 Å². The van der Waals surface area contributed by atoms with Gasteiger partial charge in [0, 0.05) is 25.3 Å². The summed E-state index contributed by atoms with van der Waals surface area (Å²) in [4.78, 5) is 26.5. The number of carbonyl (C=O) groups is 2. The summed E-state index contributed by atoms with van der Waals surface area (Å²) >= 11 is 1.35. The van der Waals surface area contributed by atoms with E-state index < -0.39 is 11.7 Å². The van der Waals surface area contributed by atoms with Gasteiger partial charge in [0.25, 0.3) is 0 Å². The largest absolute Gasteiger partial charge is 0.466 e. The van der Waals surface area contributed by atoms with Crippen molar-refractivity contribution in [2.24, 2.45) is 5.92 Å². The van der Waals surface area contributed by atoms with E-state index in [9.17, 15) is 22.8 Å². The fourth-order valence-corrected chi connectivity index (χ4v) is 5.29.